The third-order valence-corrected chi connectivity index (χ3v) is 7.74. The summed E-state index contributed by atoms with van der Waals surface area (Å²) in [5.74, 6) is 1.62. The van der Waals surface area contributed by atoms with Crippen LogP contribution in [-0.2, 0) is 24.2 Å². The fourth-order valence-corrected chi connectivity index (χ4v) is 5.31. The van der Waals surface area contributed by atoms with Crippen LogP contribution in [0.5, 0.6) is 5.75 Å². The average Bonchev–Trinajstić information content (AvgIpc) is 2.92. The van der Waals surface area contributed by atoms with E-state index >= 15 is 0 Å². The number of carboxylic acid groups (broad SMARTS) is 1. The molecule has 1 fully saturated rings. The number of aromatic nitrogens is 2. The van der Waals surface area contributed by atoms with Gasteiger partial charge >= 0.3 is 5.97 Å². The number of hydrogen-bond donors (Lipinski definition) is 1. The second-order valence-corrected chi connectivity index (χ2v) is 10.7. The summed E-state index contributed by atoms with van der Waals surface area (Å²) < 4.78 is 6.41. The molecule has 0 spiro atoms. The highest BCUT2D eigenvalue weighted by molar-refractivity contribution is 5.72. The van der Waals surface area contributed by atoms with Gasteiger partial charge in [0.1, 0.15) is 18.2 Å². The van der Waals surface area contributed by atoms with E-state index in [0.717, 1.165) is 59.8 Å². The normalized spacial score (nSPS) is 15.7. The Morgan fingerprint density at radius 2 is 1.82 bits per heavy atom. The minimum Gasteiger partial charge on any atom is -0.488 e. The summed E-state index contributed by atoms with van der Waals surface area (Å²) in [5.41, 5.74) is 7.65. The standard InChI is InChI=1S/C32H41N3O3/c1-7-23-11-9-12-24(8-2)29(23)30-33-22(6)27(19-38-28-17-25(20(3)4)15-14-21(28)5)31(34-30)35-16-10-13-26(18-35)32(36)37/h9,11-12,14-15,17,20,26H,7-8,10,13,16,18-19H2,1-6H3,(H,36,37)/t26-/m0/s1. The minimum atomic E-state index is -0.746. The SMILES string of the molecule is CCc1cccc(CC)c1-c1nc(C)c(COc2cc(C(C)C)ccc2C)c(N2CCC[C@H](C(=O)O)C2)n1. The van der Waals surface area contributed by atoms with Crippen LogP contribution in [0.15, 0.2) is 36.4 Å². The van der Waals surface area contributed by atoms with Gasteiger partial charge in [0, 0.05) is 18.7 Å². The highest BCUT2D eigenvalue weighted by Gasteiger charge is 2.29. The summed E-state index contributed by atoms with van der Waals surface area (Å²) in [4.78, 5) is 24.2. The molecule has 0 saturated carbocycles. The number of aryl methyl sites for hydroxylation is 4. The van der Waals surface area contributed by atoms with Crippen molar-refractivity contribution in [2.75, 3.05) is 18.0 Å². The Bertz CT molecular complexity index is 1280. The number of aliphatic carboxylic acids is 1. The van der Waals surface area contributed by atoms with Crippen molar-refractivity contribution < 1.29 is 14.6 Å². The molecule has 6 heteroatoms. The van der Waals surface area contributed by atoms with E-state index in [9.17, 15) is 9.90 Å². The topological polar surface area (TPSA) is 75.5 Å². The molecule has 1 aliphatic heterocycles. The second kappa shape index (κ2) is 12.0. The van der Waals surface area contributed by atoms with Gasteiger partial charge in [0.25, 0.3) is 0 Å². The zero-order valence-electron chi connectivity index (χ0n) is 23.7. The Morgan fingerprint density at radius 3 is 2.45 bits per heavy atom. The van der Waals surface area contributed by atoms with E-state index < -0.39 is 11.9 Å². The van der Waals surface area contributed by atoms with Crippen LogP contribution in [0, 0.1) is 19.8 Å². The number of hydrogen-bond acceptors (Lipinski definition) is 5. The smallest absolute Gasteiger partial charge is 0.308 e. The molecule has 0 bridgehead atoms. The van der Waals surface area contributed by atoms with Crippen LogP contribution >= 0.6 is 0 Å². The van der Waals surface area contributed by atoms with Crippen molar-refractivity contribution in [3.63, 3.8) is 0 Å². The van der Waals surface area contributed by atoms with E-state index in [0.29, 0.717) is 31.3 Å². The fourth-order valence-electron chi connectivity index (χ4n) is 5.31. The lowest BCUT2D eigenvalue weighted by molar-refractivity contribution is -0.141. The summed E-state index contributed by atoms with van der Waals surface area (Å²) >= 11 is 0. The first-order valence-electron chi connectivity index (χ1n) is 13.9. The first kappa shape index (κ1) is 27.6. The maximum atomic E-state index is 11.9. The highest BCUT2D eigenvalue weighted by Crippen LogP contribution is 2.33. The molecule has 1 atom stereocenters. The lowest BCUT2D eigenvalue weighted by Gasteiger charge is -2.33. The molecule has 1 saturated heterocycles. The summed E-state index contributed by atoms with van der Waals surface area (Å²) in [6.07, 6.45) is 3.29. The number of benzene rings is 2. The monoisotopic (exact) mass is 515 g/mol. The number of anilines is 1. The van der Waals surface area contributed by atoms with Gasteiger partial charge in [-0.3, -0.25) is 4.79 Å². The summed E-state index contributed by atoms with van der Waals surface area (Å²) in [6, 6.07) is 12.8. The van der Waals surface area contributed by atoms with E-state index in [4.69, 9.17) is 14.7 Å². The fraction of sp³-hybridized carbons (Fsp3) is 0.469. The van der Waals surface area contributed by atoms with Crippen molar-refractivity contribution in [3.05, 3.63) is 69.9 Å². The van der Waals surface area contributed by atoms with E-state index in [2.05, 4.69) is 75.9 Å². The van der Waals surface area contributed by atoms with Gasteiger partial charge in [0.2, 0.25) is 0 Å². The van der Waals surface area contributed by atoms with Crippen LogP contribution in [0.25, 0.3) is 11.4 Å². The minimum absolute atomic E-state index is 0.328. The van der Waals surface area contributed by atoms with Crippen molar-refractivity contribution in [1.82, 2.24) is 9.97 Å². The number of piperidine rings is 1. The number of rotatable bonds is 9. The van der Waals surface area contributed by atoms with Gasteiger partial charge in [-0.05, 0) is 73.8 Å². The Labute approximate surface area is 227 Å². The van der Waals surface area contributed by atoms with Crippen LogP contribution in [-0.4, -0.2) is 34.1 Å². The predicted octanol–water partition coefficient (Wildman–Crippen LogP) is 6.89. The van der Waals surface area contributed by atoms with Crippen molar-refractivity contribution >= 4 is 11.8 Å². The summed E-state index contributed by atoms with van der Waals surface area (Å²) in [5, 5.41) is 9.77. The molecule has 202 valence electrons. The Balaban J connectivity index is 1.80. The Kier molecular flexibility index (Phi) is 8.70. The van der Waals surface area contributed by atoms with Gasteiger partial charge in [-0.15, -0.1) is 0 Å². The zero-order valence-corrected chi connectivity index (χ0v) is 23.7. The van der Waals surface area contributed by atoms with Gasteiger partial charge in [0.15, 0.2) is 5.82 Å². The van der Waals surface area contributed by atoms with E-state index in [-0.39, 0.29) is 0 Å². The molecule has 1 aliphatic rings. The predicted molar refractivity (Wildman–Crippen MR) is 153 cm³/mol. The third kappa shape index (κ3) is 5.85. The van der Waals surface area contributed by atoms with Crippen molar-refractivity contribution in [2.45, 2.75) is 79.8 Å². The van der Waals surface area contributed by atoms with Crippen LogP contribution in [0.3, 0.4) is 0 Å². The van der Waals surface area contributed by atoms with Crippen LogP contribution in [0.4, 0.5) is 5.82 Å². The average molecular weight is 516 g/mol. The first-order valence-corrected chi connectivity index (χ1v) is 13.9. The molecular weight excluding hydrogens is 474 g/mol. The van der Waals surface area contributed by atoms with Crippen LogP contribution in [0.1, 0.15) is 80.0 Å². The molecule has 0 unspecified atom stereocenters. The summed E-state index contributed by atoms with van der Waals surface area (Å²) in [7, 11) is 0. The van der Waals surface area contributed by atoms with Crippen molar-refractivity contribution in [3.8, 4) is 17.1 Å². The van der Waals surface area contributed by atoms with Gasteiger partial charge in [-0.1, -0.05) is 58.0 Å². The number of nitrogens with zero attached hydrogens (tertiary/aromatic N) is 3. The molecule has 0 aliphatic carbocycles. The van der Waals surface area contributed by atoms with E-state index in [1.807, 2.05) is 6.92 Å². The van der Waals surface area contributed by atoms with Crippen molar-refractivity contribution in [1.29, 1.82) is 0 Å². The van der Waals surface area contributed by atoms with E-state index in [1.165, 1.54) is 16.7 Å². The lowest BCUT2D eigenvalue weighted by atomic mass is 9.96. The molecule has 3 aromatic rings. The molecule has 0 amide bonds. The molecule has 6 nitrogen and oxygen atoms in total. The van der Waals surface area contributed by atoms with Crippen LogP contribution in [0.2, 0.25) is 0 Å². The van der Waals surface area contributed by atoms with Gasteiger partial charge in [-0.2, -0.15) is 0 Å². The molecule has 0 radical (unpaired) electrons. The Hall–Kier alpha value is -3.41. The molecule has 1 aromatic heterocycles. The van der Waals surface area contributed by atoms with Gasteiger partial charge in [-0.25, -0.2) is 9.97 Å². The quantitative estimate of drug-likeness (QED) is 0.334. The van der Waals surface area contributed by atoms with Crippen molar-refractivity contribution in [2.24, 2.45) is 5.92 Å². The second-order valence-electron chi connectivity index (χ2n) is 10.7. The van der Waals surface area contributed by atoms with E-state index in [1.54, 1.807) is 0 Å². The lowest BCUT2D eigenvalue weighted by Crippen LogP contribution is -2.40. The summed E-state index contributed by atoms with van der Waals surface area (Å²) in [6.45, 7) is 14.3. The highest BCUT2D eigenvalue weighted by atomic mass is 16.5. The molecule has 2 heterocycles. The van der Waals surface area contributed by atoms with Crippen LogP contribution < -0.4 is 9.64 Å². The Morgan fingerprint density at radius 1 is 1.11 bits per heavy atom. The number of carboxylic acids is 1. The molecule has 4 rings (SSSR count). The third-order valence-electron chi connectivity index (χ3n) is 7.74. The number of carbonyl (C=O) groups is 1. The molecule has 38 heavy (non-hydrogen) atoms. The maximum absolute atomic E-state index is 11.9. The largest absolute Gasteiger partial charge is 0.488 e. The zero-order chi connectivity index (χ0) is 27.4. The van der Waals surface area contributed by atoms with Gasteiger partial charge < -0.3 is 14.7 Å². The molecular formula is C32H41N3O3. The molecule has 1 N–H and O–H groups in total. The van der Waals surface area contributed by atoms with Gasteiger partial charge in [0.05, 0.1) is 17.2 Å². The maximum Gasteiger partial charge on any atom is 0.308 e. The number of ether oxygens (including phenoxy) is 1. The first-order chi connectivity index (χ1) is 18.2. The molecule has 2 aromatic carbocycles.